The third kappa shape index (κ3) is 26.2. The van der Waals surface area contributed by atoms with E-state index in [4.69, 9.17) is 24.7 Å². The molecular weight excluding hydrogens is 873 g/mol. The predicted molar refractivity (Wildman–Crippen MR) is 307 cm³/mol. The highest BCUT2D eigenvalue weighted by atomic mass is 28.3. The Kier molecular flexibility index (Phi) is 29.0. The fourth-order valence-electron chi connectivity index (χ4n) is 9.69. The number of unbranched alkanes of at least 4 members (excludes halogenated alkanes) is 24. The van der Waals surface area contributed by atoms with E-state index in [1.807, 2.05) is 0 Å². The van der Waals surface area contributed by atoms with E-state index in [9.17, 15) is 0 Å². The molecule has 69 heavy (non-hydrogen) atoms. The lowest BCUT2D eigenvalue weighted by molar-refractivity contribution is 0.466. The summed E-state index contributed by atoms with van der Waals surface area (Å²) in [5.41, 5.74) is 7.13. The minimum absolute atomic E-state index is 0.804. The van der Waals surface area contributed by atoms with Crippen LogP contribution in [0.3, 0.4) is 0 Å². The lowest BCUT2D eigenvalue weighted by Gasteiger charge is -2.17. The molecule has 0 N–H and O–H groups in total. The van der Waals surface area contributed by atoms with Gasteiger partial charge in [0.05, 0.1) is 0 Å². The zero-order valence-corrected chi connectivity index (χ0v) is 48.0. The first-order chi connectivity index (χ1) is 33.4. The summed E-state index contributed by atoms with van der Waals surface area (Å²) >= 11 is 0. The Labute approximate surface area is 427 Å². The van der Waals surface area contributed by atoms with Crippen LogP contribution in [0.25, 0.3) is 22.8 Å². The van der Waals surface area contributed by atoms with Gasteiger partial charge in [-0.3, -0.25) is 0 Å². The molecule has 0 aliphatic carbocycles. The molecule has 0 atom stereocenters. The van der Waals surface area contributed by atoms with Gasteiger partial charge in [0.15, 0.2) is 11.6 Å². The molecule has 0 spiro atoms. The Hall–Kier alpha value is -3.17. The van der Waals surface area contributed by atoms with Crippen LogP contribution in [0.5, 0.6) is 11.5 Å². The van der Waals surface area contributed by atoms with Crippen molar-refractivity contribution in [3.63, 3.8) is 0 Å². The Balaban J connectivity index is 1.47. The van der Waals surface area contributed by atoms with Crippen molar-refractivity contribution in [3.8, 4) is 34.3 Å². The maximum absolute atomic E-state index is 7.06. The smallest absolute Gasteiger partial charge is 0.159 e. The van der Waals surface area contributed by atoms with Gasteiger partial charge in [-0.05, 0) is 110 Å². The van der Waals surface area contributed by atoms with E-state index in [-0.39, 0.29) is 0 Å². The Morgan fingerprint density at radius 2 is 0.638 bits per heavy atom. The number of rotatable bonds is 40. The molecule has 4 rings (SSSR count). The zero-order valence-electron chi connectivity index (χ0n) is 46.0. The molecule has 4 aromatic rings. The topological polar surface area (TPSA) is 60.8 Å². The molecule has 0 saturated carbocycles. The van der Waals surface area contributed by atoms with Gasteiger partial charge in [0.2, 0.25) is 0 Å². The molecule has 5 nitrogen and oxygen atoms in total. The SMILES string of the molecule is CCCCCCCCc1cnc(-c2ccc(Oc3ccc(-c4ncc(CCCCCCCC)cn4)cc3CCCCCCCCCC[Si](C)(C)C)c(CCCCCCCCCC[Si](C)(C)C)c2)nc1. The lowest BCUT2D eigenvalue weighted by atomic mass is 10.00. The molecule has 0 amide bonds. The molecule has 2 aromatic heterocycles. The highest BCUT2D eigenvalue weighted by molar-refractivity contribution is 6.76. The highest BCUT2D eigenvalue weighted by Crippen LogP contribution is 2.35. The van der Waals surface area contributed by atoms with E-state index in [1.54, 1.807) is 0 Å². The van der Waals surface area contributed by atoms with Crippen LogP contribution >= 0.6 is 0 Å². The molecule has 0 bridgehead atoms. The number of benzene rings is 2. The minimum Gasteiger partial charge on any atom is -0.457 e. The van der Waals surface area contributed by atoms with Crippen LogP contribution in [-0.2, 0) is 25.7 Å². The third-order valence-electron chi connectivity index (χ3n) is 14.2. The second-order valence-electron chi connectivity index (χ2n) is 23.4. The van der Waals surface area contributed by atoms with Crippen molar-refractivity contribution >= 4 is 16.1 Å². The Morgan fingerprint density at radius 3 is 0.957 bits per heavy atom. The van der Waals surface area contributed by atoms with Gasteiger partial charge in [-0.25, -0.2) is 19.9 Å². The van der Waals surface area contributed by atoms with Gasteiger partial charge in [-0.15, -0.1) is 0 Å². The van der Waals surface area contributed by atoms with Crippen LogP contribution in [0.2, 0.25) is 51.4 Å². The maximum Gasteiger partial charge on any atom is 0.159 e. The van der Waals surface area contributed by atoms with Crippen molar-refractivity contribution in [2.24, 2.45) is 0 Å². The monoisotopic (exact) mass is 975 g/mol. The molecule has 0 aliphatic rings. The van der Waals surface area contributed by atoms with E-state index in [1.165, 1.54) is 201 Å². The van der Waals surface area contributed by atoms with Crippen molar-refractivity contribution < 1.29 is 4.74 Å². The van der Waals surface area contributed by atoms with Crippen molar-refractivity contribution in [1.29, 1.82) is 0 Å². The van der Waals surface area contributed by atoms with Crippen LogP contribution in [0.4, 0.5) is 0 Å². The van der Waals surface area contributed by atoms with Gasteiger partial charge < -0.3 is 4.74 Å². The number of ether oxygens (including phenoxy) is 1. The van der Waals surface area contributed by atoms with Gasteiger partial charge in [0.25, 0.3) is 0 Å². The van der Waals surface area contributed by atoms with Crippen molar-refractivity contribution in [1.82, 2.24) is 19.9 Å². The van der Waals surface area contributed by atoms with E-state index in [0.29, 0.717) is 0 Å². The predicted octanol–water partition coefficient (Wildman–Crippen LogP) is 20.2. The summed E-state index contributed by atoms with van der Waals surface area (Å²) in [7, 11) is -1.83. The number of hydrogen-bond donors (Lipinski definition) is 0. The second kappa shape index (κ2) is 34.2. The second-order valence-corrected chi connectivity index (χ2v) is 34.6. The van der Waals surface area contributed by atoms with Crippen molar-refractivity contribution in [2.45, 2.75) is 271 Å². The Bertz CT molecular complexity index is 1780. The molecule has 0 unspecified atom stereocenters. The highest BCUT2D eigenvalue weighted by Gasteiger charge is 2.16. The quantitative estimate of drug-likeness (QED) is 0.0328. The van der Waals surface area contributed by atoms with Crippen LogP contribution in [0.15, 0.2) is 61.2 Å². The first-order valence-corrected chi connectivity index (χ1v) is 36.4. The van der Waals surface area contributed by atoms with E-state index in [2.05, 4.69) is 114 Å². The van der Waals surface area contributed by atoms with Gasteiger partial charge >= 0.3 is 0 Å². The minimum atomic E-state index is -0.915. The summed E-state index contributed by atoms with van der Waals surface area (Å²) in [5, 5.41) is 0. The number of hydrogen-bond acceptors (Lipinski definition) is 5. The summed E-state index contributed by atoms with van der Waals surface area (Å²) in [6, 6.07) is 16.3. The van der Waals surface area contributed by atoms with Gasteiger partial charge in [0.1, 0.15) is 11.5 Å². The third-order valence-corrected chi connectivity index (χ3v) is 17.9. The van der Waals surface area contributed by atoms with Crippen molar-refractivity contribution in [3.05, 3.63) is 83.4 Å². The summed E-state index contributed by atoms with van der Waals surface area (Å²) in [5.74, 6) is 3.52. The average Bonchev–Trinajstić information content (AvgIpc) is 3.33. The van der Waals surface area contributed by atoms with E-state index in [0.717, 1.165) is 72.8 Å². The summed E-state index contributed by atoms with van der Waals surface area (Å²) in [6.07, 6.45) is 49.2. The first kappa shape index (κ1) is 58.4. The van der Waals surface area contributed by atoms with E-state index < -0.39 is 16.1 Å². The average molecular weight is 976 g/mol. The number of aromatic nitrogens is 4. The lowest BCUT2D eigenvalue weighted by Crippen LogP contribution is -2.18. The molecule has 0 radical (unpaired) electrons. The van der Waals surface area contributed by atoms with Gasteiger partial charge in [0, 0.05) is 52.1 Å². The van der Waals surface area contributed by atoms with E-state index >= 15 is 0 Å². The summed E-state index contributed by atoms with van der Waals surface area (Å²) in [4.78, 5) is 19.6. The van der Waals surface area contributed by atoms with Crippen LogP contribution in [0, 0.1) is 0 Å². The largest absolute Gasteiger partial charge is 0.457 e. The summed E-state index contributed by atoms with van der Waals surface area (Å²) in [6.45, 7) is 19.6. The van der Waals surface area contributed by atoms with Gasteiger partial charge in [-0.1, -0.05) is 219 Å². The first-order valence-electron chi connectivity index (χ1n) is 29.0. The van der Waals surface area contributed by atoms with Crippen molar-refractivity contribution in [2.75, 3.05) is 0 Å². The van der Waals surface area contributed by atoms with Gasteiger partial charge in [-0.2, -0.15) is 0 Å². The fourth-order valence-corrected chi connectivity index (χ4v) is 12.3. The Morgan fingerprint density at radius 1 is 0.348 bits per heavy atom. The molecule has 2 aromatic carbocycles. The molecular formula is C62H102N4OSi2. The van der Waals surface area contributed by atoms with Crippen LogP contribution in [-0.4, -0.2) is 36.1 Å². The fraction of sp³-hybridized carbons (Fsp3) is 0.677. The maximum atomic E-state index is 7.06. The normalized spacial score (nSPS) is 12.0. The molecule has 0 fully saturated rings. The molecule has 7 heteroatoms. The molecule has 384 valence electrons. The van der Waals surface area contributed by atoms with Crippen LogP contribution in [0.1, 0.15) is 216 Å². The number of aryl methyl sites for hydroxylation is 4. The standard InChI is InChI=1S/C62H102N4OSi2/c1-9-11-13-15-25-31-37-53-49-63-61(64-50-53)57-41-43-59(55(47-57)39-33-27-21-17-19-23-29-35-45-68(3,4)5)67-60-44-42-58(62-65-51-54(52-66-62)38-32-26-16-14-12-10-2)48-56(60)40-34-28-22-18-20-24-30-36-46-69(6,7)8/h41-44,47-52H,9-40,45-46H2,1-8H3. The number of nitrogens with zero attached hydrogens (tertiary/aromatic N) is 4. The zero-order chi connectivity index (χ0) is 49.4. The summed E-state index contributed by atoms with van der Waals surface area (Å²) < 4.78 is 7.06. The molecule has 0 saturated heterocycles. The molecule has 0 aliphatic heterocycles. The van der Waals surface area contributed by atoms with Crippen LogP contribution < -0.4 is 4.74 Å². The molecule has 2 heterocycles.